The first kappa shape index (κ1) is 12.2. The van der Waals surface area contributed by atoms with Crippen molar-refractivity contribution in [1.82, 2.24) is 20.1 Å². The summed E-state index contributed by atoms with van der Waals surface area (Å²) in [5.41, 5.74) is 1.32. The van der Waals surface area contributed by atoms with Crippen LogP contribution in [0.25, 0.3) is 11.4 Å². The number of halogens is 1. The van der Waals surface area contributed by atoms with Gasteiger partial charge in [0.15, 0.2) is 5.82 Å². The summed E-state index contributed by atoms with van der Waals surface area (Å²) in [6, 6.07) is 4.51. The van der Waals surface area contributed by atoms with Crippen LogP contribution in [0.2, 0.25) is 0 Å². The molecule has 0 saturated carbocycles. The van der Waals surface area contributed by atoms with E-state index in [0.717, 1.165) is 5.56 Å². The quantitative estimate of drug-likeness (QED) is 0.878. The fraction of sp³-hybridized carbons (Fsp3) is 0.250. The van der Waals surface area contributed by atoms with Gasteiger partial charge in [0.25, 0.3) is 5.91 Å². The minimum Gasteiger partial charge on any atom is -0.342 e. The fourth-order valence-corrected chi connectivity index (χ4v) is 1.56. The third kappa shape index (κ3) is 2.37. The second-order valence-corrected chi connectivity index (χ2v) is 4.22. The van der Waals surface area contributed by atoms with Crippen LogP contribution in [0.15, 0.2) is 18.2 Å². The number of H-pyrrole nitrogens is 1. The van der Waals surface area contributed by atoms with Crippen LogP contribution < -0.4 is 0 Å². The summed E-state index contributed by atoms with van der Waals surface area (Å²) in [5.74, 6) is -0.183. The molecule has 0 aliphatic heterocycles. The van der Waals surface area contributed by atoms with Gasteiger partial charge in [-0.3, -0.25) is 9.89 Å². The molecule has 0 saturated heterocycles. The Hall–Kier alpha value is -2.24. The van der Waals surface area contributed by atoms with E-state index >= 15 is 0 Å². The predicted molar refractivity (Wildman–Crippen MR) is 64.5 cm³/mol. The summed E-state index contributed by atoms with van der Waals surface area (Å²) < 4.78 is 13.3. The Bertz CT molecular complexity index is 571. The topological polar surface area (TPSA) is 61.9 Å². The smallest absolute Gasteiger partial charge is 0.290 e. The number of amides is 1. The van der Waals surface area contributed by atoms with E-state index in [-0.39, 0.29) is 17.5 Å². The lowest BCUT2D eigenvalue weighted by molar-refractivity contribution is 0.0816. The maximum absolute atomic E-state index is 13.3. The van der Waals surface area contributed by atoms with Crippen LogP contribution in [0.3, 0.4) is 0 Å². The summed E-state index contributed by atoms with van der Waals surface area (Å²) >= 11 is 0. The molecule has 1 aromatic carbocycles. The van der Waals surface area contributed by atoms with E-state index in [2.05, 4.69) is 15.2 Å². The van der Waals surface area contributed by atoms with Crippen molar-refractivity contribution >= 4 is 5.91 Å². The summed E-state index contributed by atoms with van der Waals surface area (Å²) in [6.45, 7) is 1.78. The van der Waals surface area contributed by atoms with E-state index in [1.807, 2.05) is 0 Å². The lowest BCUT2D eigenvalue weighted by Crippen LogP contribution is -2.22. The van der Waals surface area contributed by atoms with Crippen molar-refractivity contribution in [3.05, 3.63) is 35.4 Å². The van der Waals surface area contributed by atoms with Gasteiger partial charge in [-0.25, -0.2) is 9.37 Å². The maximum atomic E-state index is 13.3. The average molecular weight is 248 g/mol. The van der Waals surface area contributed by atoms with Gasteiger partial charge >= 0.3 is 0 Å². The molecule has 1 amide bonds. The SMILES string of the molecule is Cc1cc(F)cc(-c2n[nH]c(C(=O)N(C)C)n2)c1. The number of aromatic nitrogens is 3. The molecule has 0 spiro atoms. The van der Waals surface area contributed by atoms with E-state index in [4.69, 9.17) is 0 Å². The first-order valence-electron chi connectivity index (χ1n) is 5.39. The molecule has 1 aromatic heterocycles. The fourth-order valence-electron chi connectivity index (χ4n) is 1.56. The molecular weight excluding hydrogens is 235 g/mol. The standard InChI is InChI=1S/C12H13FN4O/c1-7-4-8(6-9(13)5-7)10-14-11(16-15-10)12(18)17(2)3/h4-6H,1-3H3,(H,14,15,16). The number of benzene rings is 1. The zero-order valence-electron chi connectivity index (χ0n) is 10.4. The molecule has 0 atom stereocenters. The number of aromatic amines is 1. The monoisotopic (exact) mass is 248 g/mol. The molecule has 0 radical (unpaired) electrons. The average Bonchev–Trinajstić information content (AvgIpc) is 2.75. The van der Waals surface area contributed by atoms with Crippen molar-refractivity contribution in [2.75, 3.05) is 14.1 Å². The molecule has 18 heavy (non-hydrogen) atoms. The summed E-state index contributed by atoms with van der Waals surface area (Å²) in [4.78, 5) is 17.1. The van der Waals surface area contributed by atoms with E-state index in [1.165, 1.54) is 17.0 Å². The normalized spacial score (nSPS) is 10.4. The van der Waals surface area contributed by atoms with E-state index in [0.29, 0.717) is 11.4 Å². The highest BCUT2D eigenvalue weighted by Gasteiger charge is 2.15. The van der Waals surface area contributed by atoms with Gasteiger partial charge in [0, 0.05) is 19.7 Å². The van der Waals surface area contributed by atoms with Gasteiger partial charge in [0.1, 0.15) is 5.82 Å². The maximum Gasteiger partial charge on any atom is 0.290 e. The van der Waals surface area contributed by atoms with Crippen molar-refractivity contribution in [3.8, 4) is 11.4 Å². The van der Waals surface area contributed by atoms with E-state index in [1.54, 1.807) is 27.1 Å². The molecule has 0 bridgehead atoms. The Morgan fingerprint density at radius 1 is 1.33 bits per heavy atom. The van der Waals surface area contributed by atoms with Gasteiger partial charge < -0.3 is 4.90 Å². The second kappa shape index (κ2) is 4.56. The van der Waals surface area contributed by atoms with E-state index < -0.39 is 0 Å². The number of hydrogen-bond acceptors (Lipinski definition) is 3. The highest BCUT2D eigenvalue weighted by atomic mass is 19.1. The van der Waals surface area contributed by atoms with Crippen molar-refractivity contribution in [2.24, 2.45) is 0 Å². The van der Waals surface area contributed by atoms with Gasteiger partial charge in [0.2, 0.25) is 5.82 Å². The Balaban J connectivity index is 2.38. The number of aryl methyl sites for hydroxylation is 1. The first-order valence-corrected chi connectivity index (χ1v) is 5.39. The zero-order chi connectivity index (χ0) is 13.3. The minimum atomic E-state index is -0.352. The second-order valence-electron chi connectivity index (χ2n) is 4.22. The Morgan fingerprint density at radius 3 is 2.67 bits per heavy atom. The van der Waals surface area contributed by atoms with Crippen LogP contribution in [-0.2, 0) is 0 Å². The molecule has 94 valence electrons. The van der Waals surface area contributed by atoms with Gasteiger partial charge in [-0.2, -0.15) is 5.10 Å². The molecule has 2 aromatic rings. The van der Waals surface area contributed by atoms with Crippen molar-refractivity contribution in [2.45, 2.75) is 6.92 Å². The first-order chi connectivity index (χ1) is 8.47. The largest absolute Gasteiger partial charge is 0.342 e. The Kier molecular flexibility index (Phi) is 3.10. The van der Waals surface area contributed by atoms with Gasteiger partial charge in [-0.1, -0.05) is 0 Å². The highest BCUT2D eigenvalue weighted by molar-refractivity contribution is 5.90. The summed E-state index contributed by atoms with van der Waals surface area (Å²) in [5, 5.41) is 6.47. The van der Waals surface area contributed by atoms with Crippen LogP contribution in [0, 0.1) is 12.7 Å². The Labute approximate surface area is 104 Å². The summed E-state index contributed by atoms with van der Waals surface area (Å²) in [7, 11) is 3.24. The van der Waals surface area contributed by atoms with Crippen LogP contribution in [-0.4, -0.2) is 40.1 Å². The number of hydrogen-bond donors (Lipinski definition) is 1. The number of carbonyl (C=O) groups excluding carboxylic acids is 1. The lowest BCUT2D eigenvalue weighted by Gasteiger charge is -2.05. The molecule has 0 aliphatic rings. The molecule has 2 rings (SSSR count). The number of nitrogens with zero attached hydrogens (tertiary/aromatic N) is 3. The third-order valence-corrected chi connectivity index (χ3v) is 2.39. The molecule has 6 heteroatoms. The van der Waals surface area contributed by atoms with E-state index in [9.17, 15) is 9.18 Å². The van der Waals surface area contributed by atoms with Crippen LogP contribution in [0.1, 0.15) is 16.2 Å². The Morgan fingerprint density at radius 2 is 2.06 bits per heavy atom. The number of nitrogens with one attached hydrogen (secondary N) is 1. The molecule has 1 N–H and O–H groups in total. The molecule has 0 unspecified atom stereocenters. The zero-order valence-corrected chi connectivity index (χ0v) is 10.4. The van der Waals surface area contributed by atoms with Crippen LogP contribution >= 0.6 is 0 Å². The lowest BCUT2D eigenvalue weighted by atomic mass is 10.1. The molecule has 1 heterocycles. The minimum absolute atomic E-state index is 0.136. The summed E-state index contributed by atoms with van der Waals surface area (Å²) in [6.07, 6.45) is 0. The van der Waals surface area contributed by atoms with Crippen LogP contribution in [0.5, 0.6) is 0 Å². The number of rotatable bonds is 2. The molecule has 0 fully saturated rings. The highest BCUT2D eigenvalue weighted by Crippen LogP contribution is 2.18. The van der Waals surface area contributed by atoms with Gasteiger partial charge in [0.05, 0.1) is 0 Å². The van der Waals surface area contributed by atoms with Gasteiger partial charge in [-0.15, -0.1) is 0 Å². The van der Waals surface area contributed by atoms with Crippen molar-refractivity contribution < 1.29 is 9.18 Å². The van der Waals surface area contributed by atoms with Crippen LogP contribution in [0.4, 0.5) is 4.39 Å². The van der Waals surface area contributed by atoms with Gasteiger partial charge in [-0.05, 0) is 30.7 Å². The van der Waals surface area contributed by atoms with Crippen molar-refractivity contribution in [1.29, 1.82) is 0 Å². The third-order valence-electron chi connectivity index (χ3n) is 2.39. The molecule has 5 nitrogen and oxygen atoms in total. The number of carbonyl (C=O) groups is 1. The van der Waals surface area contributed by atoms with Crippen molar-refractivity contribution in [3.63, 3.8) is 0 Å². The molecular formula is C12H13FN4O. The molecule has 0 aliphatic carbocycles. The predicted octanol–water partition coefficient (Wildman–Crippen LogP) is 1.62.